The largest absolute Gasteiger partial charge is 0.497 e. The lowest BCUT2D eigenvalue weighted by Gasteiger charge is -2.07. The Kier molecular flexibility index (Phi) is 5.11. The number of thiazole rings is 1. The number of hydrogen-bond acceptors (Lipinski definition) is 5. The second kappa shape index (κ2) is 7.45. The summed E-state index contributed by atoms with van der Waals surface area (Å²) in [5, 5.41) is 5.67. The van der Waals surface area contributed by atoms with Gasteiger partial charge in [0.2, 0.25) is 0 Å². The number of methoxy groups -OCH3 is 2. The van der Waals surface area contributed by atoms with Crippen molar-refractivity contribution in [2.24, 2.45) is 0 Å². The van der Waals surface area contributed by atoms with Crippen molar-refractivity contribution in [2.45, 2.75) is 6.61 Å². The van der Waals surface area contributed by atoms with Crippen LogP contribution in [0.15, 0.2) is 36.4 Å². The van der Waals surface area contributed by atoms with Gasteiger partial charge in [-0.2, -0.15) is 0 Å². The van der Waals surface area contributed by atoms with Gasteiger partial charge in [0.25, 0.3) is 0 Å². The first-order valence-corrected chi connectivity index (χ1v) is 8.20. The van der Waals surface area contributed by atoms with Crippen LogP contribution in [0.2, 0.25) is 0 Å². The van der Waals surface area contributed by atoms with E-state index in [0.29, 0.717) is 17.5 Å². The minimum Gasteiger partial charge on any atom is -0.497 e. The van der Waals surface area contributed by atoms with Crippen molar-refractivity contribution in [3.63, 3.8) is 0 Å². The van der Waals surface area contributed by atoms with E-state index < -0.39 is 11.8 Å². The molecule has 3 rings (SSSR count). The van der Waals surface area contributed by atoms with Gasteiger partial charge in [-0.05, 0) is 12.1 Å². The molecule has 8 heteroatoms. The number of aromatic nitrogens is 1. The maximum Gasteiger partial charge on any atom is 0.325 e. The molecule has 2 aromatic carbocycles. The van der Waals surface area contributed by atoms with Crippen molar-refractivity contribution in [2.75, 3.05) is 24.9 Å². The van der Waals surface area contributed by atoms with E-state index in [-0.39, 0.29) is 5.69 Å². The molecule has 0 saturated carbocycles. The fourth-order valence-electron chi connectivity index (χ4n) is 2.34. The van der Waals surface area contributed by atoms with E-state index in [1.54, 1.807) is 7.11 Å². The molecule has 2 amide bonds. The van der Waals surface area contributed by atoms with Crippen molar-refractivity contribution >= 4 is 38.4 Å². The van der Waals surface area contributed by atoms with Gasteiger partial charge in [0.1, 0.15) is 11.6 Å². The van der Waals surface area contributed by atoms with Gasteiger partial charge >= 0.3 is 6.03 Å². The van der Waals surface area contributed by atoms with E-state index >= 15 is 0 Å². The lowest BCUT2D eigenvalue weighted by atomic mass is 10.2. The summed E-state index contributed by atoms with van der Waals surface area (Å²) in [5.74, 6) is -0.182. The molecule has 2 N–H and O–H groups in total. The molecule has 6 nitrogen and oxygen atoms in total. The van der Waals surface area contributed by atoms with E-state index in [4.69, 9.17) is 9.47 Å². The Balaban J connectivity index is 1.76. The molecule has 25 heavy (non-hydrogen) atoms. The fourth-order valence-corrected chi connectivity index (χ4v) is 3.25. The number of anilines is 2. The molecule has 0 radical (unpaired) electrons. The van der Waals surface area contributed by atoms with Crippen LogP contribution in [0.25, 0.3) is 10.2 Å². The van der Waals surface area contributed by atoms with Gasteiger partial charge in [-0.1, -0.05) is 23.5 Å². The molecule has 0 unspecified atom stereocenters. The summed E-state index contributed by atoms with van der Waals surface area (Å²) in [6, 6.07) is 9.21. The molecule has 0 aliphatic rings. The Morgan fingerprint density at radius 1 is 1.24 bits per heavy atom. The monoisotopic (exact) mass is 361 g/mol. The van der Waals surface area contributed by atoms with Crippen molar-refractivity contribution in [3.05, 3.63) is 47.8 Å². The third kappa shape index (κ3) is 4.04. The summed E-state index contributed by atoms with van der Waals surface area (Å²) in [7, 11) is 3.04. The summed E-state index contributed by atoms with van der Waals surface area (Å²) < 4.78 is 24.6. The molecular formula is C17H16FN3O3S. The number of carbonyl (C=O) groups excluding carboxylic acids is 1. The van der Waals surface area contributed by atoms with E-state index in [1.165, 1.54) is 36.6 Å². The molecule has 0 atom stereocenters. The van der Waals surface area contributed by atoms with Gasteiger partial charge in [0.15, 0.2) is 5.13 Å². The van der Waals surface area contributed by atoms with Gasteiger partial charge in [-0.25, -0.2) is 14.2 Å². The van der Waals surface area contributed by atoms with Crippen LogP contribution in [0.5, 0.6) is 5.75 Å². The molecule has 0 aliphatic carbocycles. The van der Waals surface area contributed by atoms with Gasteiger partial charge < -0.3 is 14.8 Å². The lowest BCUT2D eigenvalue weighted by molar-refractivity contribution is 0.186. The smallest absolute Gasteiger partial charge is 0.325 e. The van der Waals surface area contributed by atoms with Crippen molar-refractivity contribution in [3.8, 4) is 5.75 Å². The Morgan fingerprint density at radius 3 is 2.84 bits per heavy atom. The van der Waals surface area contributed by atoms with Crippen molar-refractivity contribution < 1.29 is 18.7 Å². The molecule has 1 aromatic heterocycles. The Hall–Kier alpha value is -2.71. The third-order valence-electron chi connectivity index (χ3n) is 3.39. The number of benzene rings is 2. The van der Waals surface area contributed by atoms with Crippen LogP contribution < -0.4 is 15.4 Å². The minimum atomic E-state index is -0.514. The van der Waals surface area contributed by atoms with E-state index in [2.05, 4.69) is 15.6 Å². The first-order chi connectivity index (χ1) is 12.1. The zero-order chi connectivity index (χ0) is 17.8. The van der Waals surface area contributed by atoms with Crippen molar-refractivity contribution in [1.82, 2.24) is 4.98 Å². The third-order valence-corrected chi connectivity index (χ3v) is 4.32. The number of urea groups is 1. The van der Waals surface area contributed by atoms with Gasteiger partial charge in [-0.3, -0.25) is 5.32 Å². The summed E-state index contributed by atoms with van der Waals surface area (Å²) in [5.41, 5.74) is 2.02. The van der Waals surface area contributed by atoms with Crippen LogP contribution in [0.4, 0.5) is 20.0 Å². The number of ether oxygens (including phenoxy) is 2. The second-order valence-corrected chi connectivity index (χ2v) is 6.21. The zero-order valence-electron chi connectivity index (χ0n) is 13.6. The van der Waals surface area contributed by atoms with E-state index in [0.717, 1.165) is 15.8 Å². The SMILES string of the molecule is COCc1cccc2sc(NC(=O)Nc3cc(F)cc(OC)c3)nc12. The summed E-state index contributed by atoms with van der Waals surface area (Å²) in [6.45, 7) is 0.440. The first-order valence-electron chi connectivity index (χ1n) is 7.39. The van der Waals surface area contributed by atoms with Gasteiger partial charge in [0.05, 0.1) is 23.9 Å². The number of halogens is 1. The van der Waals surface area contributed by atoms with Crippen LogP contribution in [0.3, 0.4) is 0 Å². The summed E-state index contributed by atoms with van der Waals surface area (Å²) in [6.07, 6.45) is 0. The van der Waals surface area contributed by atoms with Crippen LogP contribution in [-0.2, 0) is 11.3 Å². The predicted octanol–water partition coefficient (Wildman–Crippen LogP) is 4.23. The summed E-state index contributed by atoms with van der Waals surface area (Å²) in [4.78, 5) is 16.6. The normalized spacial score (nSPS) is 10.7. The number of nitrogens with zero attached hydrogens (tertiary/aromatic N) is 1. The molecular weight excluding hydrogens is 345 g/mol. The quantitative estimate of drug-likeness (QED) is 0.713. The highest BCUT2D eigenvalue weighted by Gasteiger charge is 2.11. The van der Waals surface area contributed by atoms with Crippen molar-refractivity contribution in [1.29, 1.82) is 0 Å². The standard InChI is InChI=1S/C17H16FN3O3S/c1-23-9-10-4-3-5-14-15(10)20-17(25-14)21-16(22)19-12-6-11(18)7-13(8-12)24-2/h3-8H,9H2,1-2H3,(H2,19,20,21,22). The number of rotatable bonds is 5. The Labute approximate surface area is 147 Å². The highest BCUT2D eigenvalue weighted by atomic mass is 32.1. The van der Waals surface area contributed by atoms with Crippen LogP contribution in [0.1, 0.15) is 5.56 Å². The zero-order valence-corrected chi connectivity index (χ0v) is 14.4. The van der Waals surface area contributed by atoms with E-state index in [1.807, 2.05) is 18.2 Å². The predicted molar refractivity (Wildman–Crippen MR) is 95.9 cm³/mol. The van der Waals surface area contributed by atoms with Gasteiger partial charge in [-0.15, -0.1) is 0 Å². The second-order valence-electron chi connectivity index (χ2n) is 5.17. The highest BCUT2D eigenvalue weighted by molar-refractivity contribution is 7.22. The number of para-hydroxylation sites is 1. The number of nitrogens with one attached hydrogen (secondary N) is 2. The van der Waals surface area contributed by atoms with E-state index in [9.17, 15) is 9.18 Å². The minimum absolute atomic E-state index is 0.288. The molecule has 0 spiro atoms. The number of carbonyl (C=O) groups is 1. The molecule has 0 aliphatic heterocycles. The molecule has 3 aromatic rings. The molecule has 0 bridgehead atoms. The number of amides is 2. The lowest BCUT2D eigenvalue weighted by Crippen LogP contribution is -2.19. The number of fused-ring (bicyclic) bond motifs is 1. The maximum atomic E-state index is 13.5. The number of hydrogen-bond donors (Lipinski definition) is 2. The van der Waals surface area contributed by atoms with Gasteiger partial charge in [0, 0.05) is 30.5 Å². The first kappa shape index (κ1) is 17.1. The molecule has 0 fully saturated rings. The van der Waals surface area contributed by atoms with Crippen LogP contribution >= 0.6 is 11.3 Å². The highest BCUT2D eigenvalue weighted by Crippen LogP contribution is 2.29. The Morgan fingerprint density at radius 2 is 2.08 bits per heavy atom. The molecule has 1 heterocycles. The van der Waals surface area contributed by atoms with Crippen LogP contribution in [-0.4, -0.2) is 25.2 Å². The molecule has 0 saturated heterocycles. The molecule has 130 valence electrons. The average Bonchev–Trinajstić information content (AvgIpc) is 2.97. The fraction of sp³-hybridized carbons (Fsp3) is 0.176. The topological polar surface area (TPSA) is 72.5 Å². The maximum absolute atomic E-state index is 13.5. The average molecular weight is 361 g/mol. The Bertz CT molecular complexity index is 913. The van der Waals surface area contributed by atoms with Crippen LogP contribution in [0, 0.1) is 5.82 Å². The summed E-state index contributed by atoms with van der Waals surface area (Å²) >= 11 is 1.35.